The van der Waals surface area contributed by atoms with Crippen LogP contribution in [0.3, 0.4) is 0 Å². The van der Waals surface area contributed by atoms with E-state index in [1.807, 2.05) is 6.07 Å². The highest BCUT2D eigenvalue weighted by Crippen LogP contribution is 2.04. The van der Waals surface area contributed by atoms with Gasteiger partial charge in [-0.2, -0.15) is 0 Å². The molecule has 1 N–H and O–H groups in total. The maximum atomic E-state index is 5.69. The average molecular weight is 243 g/mol. The van der Waals surface area contributed by atoms with Crippen LogP contribution in [0.15, 0.2) is 18.3 Å². The molecule has 0 bridgehead atoms. The number of nitrogens with one attached hydrogen (secondary N) is 1. The second kappa shape index (κ2) is 7.60. The minimum absolute atomic E-state index is 0.531. The van der Waals surface area contributed by atoms with Gasteiger partial charge in [-0.15, -0.1) is 0 Å². The third kappa shape index (κ3) is 6.05. The van der Waals surface area contributed by atoms with Crippen molar-refractivity contribution in [3.8, 4) is 0 Å². The Morgan fingerprint density at radius 2 is 2.25 bits per heavy atom. The zero-order valence-electron chi connectivity index (χ0n) is 9.87. The number of rotatable bonds is 7. The van der Waals surface area contributed by atoms with Crippen molar-refractivity contribution in [2.75, 3.05) is 19.8 Å². The molecule has 16 heavy (non-hydrogen) atoms. The first-order valence-corrected chi connectivity index (χ1v) is 5.95. The first-order chi connectivity index (χ1) is 7.68. The van der Waals surface area contributed by atoms with E-state index >= 15 is 0 Å². The summed E-state index contributed by atoms with van der Waals surface area (Å²) in [5, 5.41) is 3.82. The van der Waals surface area contributed by atoms with E-state index in [1.54, 1.807) is 12.3 Å². The Morgan fingerprint density at radius 1 is 1.44 bits per heavy atom. The van der Waals surface area contributed by atoms with Gasteiger partial charge in [-0.3, -0.25) is 0 Å². The molecule has 1 heterocycles. The molecule has 1 aromatic heterocycles. The van der Waals surface area contributed by atoms with Gasteiger partial charge in [-0.1, -0.05) is 31.5 Å². The van der Waals surface area contributed by atoms with Crippen molar-refractivity contribution in [2.45, 2.75) is 20.4 Å². The Balaban J connectivity index is 2.05. The predicted octanol–water partition coefficient (Wildman–Crippen LogP) is 2.50. The van der Waals surface area contributed by atoms with Gasteiger partial charge in [0.05, 0.1) is 6.61 Å². The first kappa shape index (κ1) is 13.4. The Hall–Kier alpha value is -0.640. The van der Waals surface area contributed by atoms with Crippen molar-refractivity contribution in [2.24, 2.45) is 5.92 Å². The molecule has 0 atom stereocenters. The van der Waals surface area contributed by atoms with E-state index in [1.165, 1.54) is 0 Å². The molecular formula is C12H19ClN2O. The van der Waals surface area contributed by atoms with Crippen LogP contribution in [0.5, 0.6) is 0 Å². The molecular weight excluding hydrogens is 224 g/mol. The van der Waals surface area contributed by atoms with Crippen LogP contribution in [-0.4, -0.2) is 24.7 Å². The molecule has 1 aromatic rings. The zero-order valence-corrected chi connectivity index (χ0v) is 10.6. The lowest BCUT2D eigenvalue weighted by atomic mass is 10.2. The average Bonchev–Trinajstić information content (AvgIpc) is 2.25. The maximum Gasteiger partial charge on any atom is 0.129 e. The Labute approximate surface area is 102 Å². The van der Waals surface area contributed by atoms with Crippen LogP contribution in [0.1, 0.15) is 19.4 Å². The third-order valence-corrected chi connectivity index (χ3v) is 2.22. The van der Waals surface area contributed by atoms with Crippen molar-refractivity contribution in [1.82, 2.24) is 10.3 Å². The topological polar surface area (TPSA) is 34.1 Å². The number of hydrogen-bond donors (Lipinski definition) is 1. The van der Waals surface area contributed by atoms with Gasteiger partial charge in [0.1, 0.15) is 5.15 Å². The Kier molecular flexibility index (Phi) is 6.38. The fourth-order valence-corrected chi connectivity index (χ4v) is 1.32. The number of nitrogens with zero attached hydrogens (tertiary/aromatic N) is 1. The maximum absolute atomic E-state index is 5.69. The molecule has 1 rings (SSSR count). The van der Waals surface area contributed by atoms with Crippen molar-refractivity contribution >= 4 is 11.6 Å². The summed E-state index contributed by atoms with van der Waals surface area (Å²) in [6.07, 6.45) is 1.78. The Bertz CT molecular complexity index is 288. The van der Waals surface area contributed by atoms with Gasteiger partial charge in [0.25, 0.3) is 0 Å². The van der Waals surface area contributed by atoms with Gasteiger partial charge < -0.3 is 10.1 Å². The van der Waals surface area contributed by atoms with Gasteiger partial charge in [0.2, 0.25) is 0 Å². The molecule has 0 amide bonds. The zero-order chi connectivity index (χ0) is 11.8. The lowest BCUT2D eigenvalue weighted by molar-refractivity contribution is 0.111. The van der Waals surface area contributed by atoms with Crippen LogP contribution in [0.4, 0.5) is 0 Å². The standard InChI is InChI=1S/C12H19ClN2O/c1-10(2)9-16-6-5-14-7-11-3-4-12(13)15-8-11/h3-4,8,10,14H,5-7,9H2,1-2H3. The molecule has 0 saturated carbocycles. The molecule has 0 aromatic carbocycles. The number of ether oxygens (including phenoxy) is 1. The second-order valence-corrected chi connectivity index (χ2v) is 4.52. The van der Waals surface area contributed by atoms with Crippen LogP contribution in [0.25, 0.3) is 0 Å². The second-order valence-electron chi connectivity index (χ2n) is 4.13. The lowest BCUT2D eigenvalue weighted by Crippen LogP contribution is -2.20. The van der Waals surface area contributed by atoms with E-state index in [0.29, 0.717) is 11.1 Å². The highest BCUT2D eigenvalue weighted by molar-refractivity contribution is 6.29. The van der Waals surface area contributed by atoms with Crippen LogP contribution < -0.4 is 5.32 Å². The number of aromatic nitrogens is 1. The molecule has 90 valence electrons. The first-order valence-electron chi connectivity index (χ1n) is 5.57. The van der Waals surface area contributed by atoms with Crippen LogP contribution >= 0.6 is 11.6 Å². The van der Waals surface area contributed by atoms with E-state index in [-0.39, 0.29) is 0 Å². The van der Waals surface area contributed by atoms with E-state index in [4.69, 9.17) is 16.3 Å². The molecule has 0 aliphatic heterocycles. The van der Waals surface area contributed by atoms with E-state index in [0.717, 1.165) is 31.9 Å². The quantitative estimate of drug-likeness (QED) is 0.589. The number of hydrogen-bond acceptors (Lipinski definition) is 3. The monoisotopic (exact) mass is 242 g/mol. The largest absolute Gasteiger partial charge is 0.380 e. The lowest BCUT2D eigenvalue weighted by Gasteiger charge is -2.07. The third-order valence-electron chi connectivity index (χ3n) is 1.99. The summed E-state index contributed by atoms with van der Waals surface area (Å²) >= 11 is 5.69. The minimum atomic E-state index is 0.531. The summed E-state index contributed by atoms with van der Waals surface area (Å²) in [7, 11) is 0. The van der Waals surface area contributed by atoms with Crippen molar-refractivity contribution in [1.29, 1.82) is 0 Å². The molecule has 0 fully saturated rings. The van der Waals surface area contributed by atoms with Crippen LogP contribution in [0.2, 0.25) is 5.15 Å². The summed E-state index contributed by atoms with van der Waals surface area (Å²) in [5.74, 6) is 0.598. The normalized spacial score (nSPS) is 11.0. The molecule has 0 saturated heterocycles. The van der Waals surface area contributed by atoms with E-state index in [2.05, 4.69) is 24.1 Å². The Morgan fingerprint density at radius 3 is 2.88 bits per heavy atom. The minimum Gasteiger partial charge on any atom is -0.380 e. The van der Waals surface area contributed by atoms with Crippen molar-refractivity contribution in [3.05, 3.63) is 29.0 Å². The van der Waals surface area contributed by atoms with Gasteiger partial charge in [-0.05, 0) is 17.5 Å². The van der Waals surface area contributed by atoms with E-state index < -0.39 is 0 Å². The summed E-state index contributed by atoms with van der Waals surface area (Å²) < 4.78 is 5.45. The number of halogens is 1. The number of pyridine rings is 1. The highest BCUT2D eigenvalue weighted by Gasteiger charge is 1.95. The van der Waals surface area contributed by atoms with Crippen molar-refractivity contribution < 1.29 is 4.74 Å². The van der Waals surface area contributed by atoms with Gasteiger partial charge >= 0.3 is 0 Å². The molecule has 0 aliphatic rings. The van der Waals surface area contributed by atoms with Crippen LogP contribution in [-0.2, 0) is 11.3 Å². The summed E-state index contributed by atoms with van der Waals surface area (Å²) in [6.45, 7) is 7.52. The van der Waals surface area contributed by atoms with E-state index in [9.17, 15) is 0 Å². The predicted molar refractivity (Wildman–Crippen MR) is 66.6 cm³/mol. The van der Waals surface area contributed by atoms with Gasteiger partial charge in [0.15, 0.2) is 0 Å². The molecule has 0 unspecified atom stereocenters. The SMILES string of the molecule is CC(C)COCCNCc1ccc(Cl)nc1. The molecule has 4 heteroatoms. The van der Waals surface area contributed by atoms with Gasteiger partial charge in [-0.25, -0.2) is 4.98 Å². The summed E-state index contributed by atoms with van der Waals surface area (Å²) in [5.41, 5.74) is 1.13. The molecule has 3 nitrogen and oxygen atoms in total. The summed E-state index contributed by atoms with van der Waals surface area (Å²) in [4.78, 5) is 4.01. The van der Waals surface area contributed by atoms with Crippen LogP contribution in [0, 0.1) is 5.92 Å². The van der Waals surface area contributed by atoms with Crippen molar-refractivity contribution in [3.63, 3.8) is 0 Å². The fourth-order valence-electron chi connectivity index (χ4n) is 1.21. The molecule has 0 aliphatic carbocycles. The highest BCUT2D eigenvalue weighted by atomic mass is 35.5. The summed E-state index contributed by atoms with van der Waals surface area (Å²) in [6, 6.07) is 3.77. The smallest absolute Gasteiger partial charge is 0.129 e. The van der Waals surface area contributed by atoms with Gasteiger partial charge in [0, 0.05) is 25.9 Å². The fraction of sp³-hybridized carbons (Fsp3) is 0.583. The molecule has 0 radical (unpaired) electrons. The molecule has 0 spiro atoms.